The topological polar surface area (TPSA) is 55.0 Å². The van der Waals surface area contributed by atoms with Gasteiger partial charge in [0.15, 0.2) is 12.0 Å². The predicted molar refractivity (Wildman–Crippen MR) is 47.2 cm³/mol. The molecule has 0 saturated carbocycles. The number of rotatable bonds is 2. The maximum atomic E-state index is 11.2. The van der Waals surface area contributed by atoms with Crippen molar-refractivity contribution in [2.75, 3.05) is 6.61 Å². The highest BCUT2D eigenvalue weighted by molar-refractivity contribution is 5.86. The lowest BCUT2D eigenvalue weighted by atomic mass is 9.99. The molecule has 4 nitrogen and oxygen atoms in total. The summed E-state index contributed by atoms with van der Waals surface area (Å²) in [5.41, 5.74) is 0.250. The Balaban J connectivity index is 2.44. The van der Waals surface area contributed by atoms with Crippen molar-refractivity contribution >= 4 is 5.97 Å². The number of esters is 1. The molecule has 0 aromatic carbocycles. The molecule has 0 saturated heterocycles. The standard InChI is InChI=1S/C9H13N2O2/c1-9(2,3)5-13-8(12)7-4-10-6-11-7/h4H,5H2,1-3H3,(H,10,11). The van der Waals surface area contributed by atoms with Crippen molar-refractivity contribution in [2.24, 2.45) is 5.41 Å². The Kier molecular flexibility index (Phi) is 2.70. The van der Waals surface area contributed by atoms with Crippen molar-refractivity contribution in [3.05, 3.63) is 18.2 Å². The van der Waals surface area contributed by atoms with E-state index in [1.807, 2.05) is 20.8 Å². The average molecular weight is 181 g/mol. The Labute approximate surface area is 77.3 Å². The summed E-state index contributed by atoms with van der Waals surface area (Å²) in [5.74, 6) is -0.410. The van der Waals surface area contributed by atoms with Gasteiger partial charge in [0, 0.05) is 6.20 Å². The Hall–Kier alpha value is -1.32. The number of nitrogens with zero attached hydrogens (tertiary/aromatic N) is 1. The fourth-order valence-electron chi connectivity index (χ4n) is 0.686. The zero-order valence-corrected chi connectivity index (χ0v) is 8.05. The predicted octanol–water partition coefficient (Wildman–Crippen LogP) is 1.41. The number of aromatic nitrogens is 2. The van der Waals surface area contributed by atoms with Crippen molar-refractivity contribution in [3.63, 3.8) is 0 Å². The van der Waals surface area contributed by atoms with Gasteiger partial charge in [-0.25, -0.2) is 9.78 Å². The normalized spacial score (nSPS) is 11.3. The van der Waals surface area contributed by atoms with Gasteiger partial charge in [-0.3, -0.25) is 0 Å². The molecule has 0 bridgehead atoms. The first-order chi connectivity index (χ1) is 5.99. The van der Waals surface area contributed by atoms with E-state index in [1.165, 1.54) is 6.20 Å². The van der Waals surface area contributed by atoms with E-state index in [2.05, 4.69) is 16.3 Å². The van der Waals surface area contributed by atoms with Crippen LogP contribution in [0.15, 0.2) is 6.20 Å². The highest BCUT2D eigenvalue weighted by atomic mass is 16.5. The summed E-state index contributed by atoms with van der Waals surface area (Å²) >= 11 is 0. The number of hydrogen-bond donors (Lipinski definition) is 1. The third-order valence-corrected chi connectivity index (χ3v) is 1.30. The molecule has 71 valence electrons. The first kappa shape index (κ1) is 9.77. The lowest BCUT2D eigenvalue weighted by Crippen LogP contribution is -2.18. The second-order valence-corrected chi connectivity index (χ2v) is 4.03. The number of carbonyl (C=O) groups excluding carboxylic acids is 1. The number of H-pyrrole nitrogens is 1. The minimum atomic E-state index is -0.410. The molecule has 1 heterocycles. The highest BCUT2D eigenvalue weighted by Gasteiger charge is 2.15. The van der Waals surface area contributed by atoms with E-state index in [-0.39, 0.29) is 11.1 Å². The molecule has 1 N–H and O–H groups in total. The number of imidazole rings is 1. The van der Waals surface area contributed by atoms with Crippen LogP contribution in [0.5, 0.6) is 0 Å². The van der Waals surface area contributed by atoms with E-state index in [4.69, 9.17) is 4.74 Å². The van der Waals surface area contributed by atoms with Gasteiger partial charge in [-0.1, -0.05) is 20.8 Å². The summed E-state index contributed by atoms with van der Waals surface area (Å²) in [6, 6.07) is 0. The molecule has 0 unspecified atom stereocenters. The molecule has 1 radical (unpaired) electrons. The number of carbonyl (C=O) groups is 1. The van der Waals surface area contributed by atoms with Gasteiger partial charge >= 0.3 is 5.97 Å². The van der Waals surface area contributed by atoms with Crippen LogP contribution in [0.1, 0.15) is 31.3 Å². The molecule has 1 rings (SSSR count). The first-order valence-electron chi connectivity index (χ1n) is 4.08. The smallest absolute Gasteiger partial charge is 0.358 e. The summed E-state index contributed by atoms with van der Waals surface area (Å²) in [7, 11) is 0. The van der Waals surface area contributed by atoms with Gasteiger partial charge in [0.2, 0.25) is 0 Å². The molecule has 1 aromatic heterocycles. The lowest BCUT2D eigenvalue weighted by molar-refractivity contribution is 0.0361. The van der Waals surface area contributed by atoms with Crippen LogP contribution in [0.25, 0.3) is 0 Å². The lowest BCUT2D eigenvalue weighted by Gasteiger charge is -2.16. The summed E-state index contributed by atoms with van der Waals surface area (Å²) < 4.78 is 5.01. The third kappa shape index (κ3) is 3.27. The van der Waals surface area contributed by atoms with E-state index < -0.39 is 5.97 Å². The molecule has 0 aliphatic heterocycles. The van der Waals surface area contributed by atoms with Crippen LogP contribution in [0.3, 0.4) is 0 Å². The van der Waals surface area contributed by atoms with Crippen LogP contribution in [0.4, 0.5) is 0 Å². The maximum absolute atomic E-state index is 11.2. The zero-order chi connectivity index (χ0) is 9.90. The summed E-state index contributed by atoms with van der Waals surface area (Å²) in [6.45, 7) is 6.38. The van der Waals surface area contributed by atoms with Crippen LogP contribution in [-0.2, 0) is 4.74 Å². The van der Waals surface area contributed by atoms with Crippen molar-refractivity contribution in [3.8, 4) is 0 Å². The van der Waals surface area contributed by atoms with E-state index in [0.29, 0.717) is 6.61 Å². The van der Waals surface area contributed by atoms with Gasteiger partial charge in [-0.15, -0.1) is 0 Å². The highest BCUT2D eigenvalue weighted by Crippen LogP contribution is 2.13. The van der Waals surface area contributed by atoms with Crippen molar-refractivity contribution < 1.29 is 9.53 Å². The maximum Gasteiger partial charge on any atom is 0.358 e. The average Bonchev–Trinajstić information content (AvgIpc) is 2.50. The first-order valence-corrected chi connectivity index (χ1v) is 4.08. The Morgan fingerprint density at radius 2 is 2.38 bits per heavy atom. The fraction of sp³-hybridized carbons (Fsp3) is 0.556. The number of ether oxygens (including phenoxy) is 1. The molecule has 0 amide bonds. The number of hydrogen-bond acceptors (Lipinski definition) is 3. The molecular weight excluding hydrogens is 168 g/mol. The largest absolute Gasteiger partial charge is 0.460 e. The van der Waals surface area contributed by atoms with Crippen LogP contribution in [0, 0.1) is 11.7 Å². The van der Waals surface area contributed by atoms with Gasteiger partial charge in [0.25, 0.3) is 0 Å². The Bertz CT molecular complexity index is 272. The van der Waals surface area contributed by atoms with E-state index in [1.54, 1.807) is 0 Å². The summed E-state index contributed by atoms with van der Waals surface area (Å²) in [6.07, 6.45) is 3.90. The molecule has 13 heavy (non-hydrogen) atoms. The zero-order valence-electron chi connectivity index (χ0n) is 8.05. The fourth-order valence-corrected chi connectivity index (χ4v) is 0.686. The molecule has 0 spiro atoms. The third-order valence-electron chi connectivity index (χ3n) is 1.30. The van der Waals surface area contributed by atoms with Crippen LogP contribution in [-0.4, -0.2) is 22.5 Å². The van der Waals surface area contributed by atoms with Gasteiger partial charge in [0.05, 0.1) is 6.61 Å². The molecule has 0 aliphatic rings. The molecule has 0 atom stereocenters. The quantitative estimate of drug-likeness (QED) is 0.702. The van der Waals surface area contributed by atoms with Crippen LogP contribution < -0.4 is 0 Å². The minimum absolute atomic E-state index is 0.0182. The second-order valence-electron chi connectivity index (χ2n) is 4.03. The van der Waals surface area contributed by atoms with Gasteiger partial charge in [0.1, 0.15) is 0 Å². The van der Waals surface area contributed by atoms with E-state index in [0.717, 1.165) is 0 Å². The van der Waals surface area contributed by atoms with Crippen molar-refractivity contribution in [1.29, 1.82) is 0 Å². The second kappa shape index (κ2) is 3.60. The molecule has 1 aromatic rings. The van der Waals surface area contributed by atoms with Gasteiger partial charge in [-0.2, -0.15) is 0 Å². The van der Waals surface area contributed by atoms with Crippen molar-refractivity contribution in [2.45, 2.75) is 20.8 Å². The molecule has 0 fully saturated rings. The molecular formula is C9H13N2O2. The summed E-state index contributed by atoms with van der Waals surface area (Å²) in [5, 5.41) is 0. The van der Waals surface area contributed by atoms with E-state index in [9.17, 15) is 4.79 Å². The Morgan fingerprint density at radius 3 is 2.85 bits per heavy atom. The summed E-state index contributed by atoms with van der Waals surface area (Å²) in [4.78, 5) is 17.5. The van der Waals surface area contributed by atoms with Crippen LogP contribution >= 0.6 is 0 Å². The monoisotopic (exact) mass is 181 g/mol. The minimum Gasteiger partial charge on any atom is -0.460 e. The van der Waals surface area contributed by atoms with Gasteiger partial charge in [-0.05, 0) is 5.41 Å². The van der Waals surface area contributed by atoms with Crippen molar-refractivity contribution in [1.82, 2.24) is 9.97 Å². The number of nitrogens with one attached hydrogen (secondary N) is 1. The SMILES string of the molecule is CC(C)(C)COC(=O)c1c[nH][c]n1. The number of aromatic amines is 1. The Morgan fingerprint density at radius 1 is 1.69 bits per heavy atom. The molecule has 0 aliphatic carbocycles. The van der Waals surface area contributed by atoms with Gasteiger partial charge < -0.3 is 9.72 Å². The molecule has 4 heteroatoms. The van der Waals surface area contributed by atoms with E-state index >= 15 is 0 Å². The van der Waals surface area contributed by atoms with Crippen LogP contribution in [0.2, 0.25) is 0 Å².